The Morgan fingerprint density at radius 3 is 2.63 bits per heavy atom. The van der Waals surface area contributed by atoms with E-state index in [1.807, 2.05) is 0 Å². The van der Waals surface area contributed by atoms with Gasteiger partial charge in [0.15, 0.2) is 9.84 Å². The fourth-order valence-electron chi connectivity index (χ4n) is 2.27. The predicted octanol–water partition coefficient (Wildman–Crippen LogP) is 1.38. The number of likely N-dealkylation sites (tertiary alicyclic amines) is 1. The molecule has 5 nitrogen and oxygen atoms in total. The Balaban J connectivity index is 1.98. The second-order valence-electron chi connectivity index (χ2n) is 5.37. The Bertz CT molecular complexity index is 525. The molecular weight excluding hydrogens is 262 g/mol. The number of hydrogen-bond donors (Lipinski definition) is 1. The molecule has 1 aromatic heterocycles. The molecule has 1 fully saturated rings. The molecule has 1 unspecified atom stereocenters. The predicted molar refractivity (Wildman–Crippen MR) is 76.1 cm³/mol. The molecule has 0 amide bonds. The summed E-state index contributed by atoms with van der Waals surface area (Å²) in [5.74, 6) is 0.739. The van der Waals surface area contributed by atoms with Crippen LogP contribution in [0.4, 0.5) is 5.82 Å². The molecule has 1 atom stereocenters. The highest BCUT2D eigenvalue weighted by Gasteiger charge is 2.24. The fourth-order valence-corrected chi connectivity index (χ4v) is 2.83. The van der Waals surface area contributed by atoms with Crippen LogP contribution in [0.15, 0.2) is 23.2 Å². The van der Waals surface area contributed by atoms with E-state index < -0.39 is 9.84 Å². The molecule has 1 aliphatic rings. The minimum absolute atomic E-state index is 0.258. The topological polar surface area (TPSA) is 62.3 Å². The smallest absolute Gasteiger partial charge is 0.177 e. The minimum Gasteiger partial charge on any atom is -0.366 e. The first-order valence-corrected chi connectivity index (χ1v) is 8.42. The highest BCUT2D eigenvalue weighted by molar-refractivity contribution is 7.90. The molecule has 0 aliphatic carbocycles. The van der Waals surface area contributed by atoms with E-state index >= 15 is 0 Å². The van der Waals surface area contributed by atoms with Crippen molar-refractivity contribution in [3.63, 3.8) is 0 Å². The van der Waals surface area contributed by atoms with E-state index in [1.165, 1.54) is 12.5 Å². The van der Waals surface area contributed by atoms with Gasteiger partial charge in [0.2, 0.25) is 0 Å². The number of nitrogens with one attached hydrogen (secondary N) is 1. The van der Waals surface area contributed by atoms with Gasteiger partial charge < -0.3 is 5.32 Å². The van der Waals surface area contributed by atoms with Crippen LogP contribution >= 0.6 is 0 Å². The maximum atomic E-state index is 11.3. The Kier molecular flexibility index (Phi) is 4.10. The van der Waals surface area contributed by atoms with Crippen LogP contribution in [0.5, 0.6) is 0 Å². The largest absolute Gasteiger partial charge is 0.366 e. The summed E-state index contributed by atoms with van der Waals surface area (Å²) in [6, 6.07) is 4.28. The first kappa shape index (κ1) is 14.3. The van der Waals surface area contributed by atoms with Gasteiger partial charge in [-0.2, -0.15) is 0 Å². The van der Waals surface area contributed by atoms with E-state index in [0.717, 1.165) is 25.3 Å². The molecule has 0 spiro atoms. The van der Waals surface area contributed by atoms with Gasteiger partial charge in [0.25, 0.3) is 0 Å². The van der Waals surface area contributed by atoms with E-state index in [1.54, 1.807) is 12.1 Å². The van der Waals surface area contributed by atoms with Gasteiger partial charge in [0.1, 0.15) is 5.82 Å². The molecular formula is C13H21N3O2S. The maximum Gasteiger partial charge on any atom is 0.177 e. The van der Waals surface area contributed by atoms with E-state index in [2.05, 4.69) is 29.0 Å². The molecule has 0 aromatic carbocycles. The summed E-state index contributed by atoms with van der Waals surface area (Å²) in [7, 11) is -3.17. The maximum absolute atomic E-state index is 11.3. The van der Waals surface area contributed by atoms with E-state index in [0.29, 0.717) is 12.1 Å². The highest BCUT2D eigenvalue weighted by atomic mass is 32.2. The molecule has 0 bridgehead atoms. The lowest BCUT2D eigenvalue weighted by Crippen LogP contribution is -2.31. The monoisotopic (exact) mass is 283 g/mol. The van der Waals surface area contributed by atoms with Crippen LogP contribution in [0.25, 0.3) is 0 Å². The summed E-state index contributed by atoms with van der Waals surface area (Å²) >= 11 is 0. The second kappa shape index (κ2) is 5.46. The average molecular weight is 283 g/mol. The van der Waals surface area contributed by atoms with Crippen LogP contribution in [0.3, 0.4) is 0 Å². The molecule has 1 aliphatic heterocycles. The van der Waals surface area contributed by atoms with Crippen molar-refractivity contribution in [3.05, 3.63) is 18.3 Å². The van der Waals surface area contributed by atoms with Crippen molar-refractivity contribution in [2.75, 3.05) is 24.7 Å². The number of anilines is 1. The molecule has 6 heteroatoms. The molecule has 106 valence electrons. The van der Waals surface area contributed by atoms with Crippen molar-refractivity contribution < 1.29 is 8.42 Å². The number of nitrogens with zero attached hydrogens (tertiary/aromatic N) is 2. The Labute approximate surface area is 114 Å². The summed E-state index contributed by atoms with van der Waals surface area (Å²) in [4.78, 5) is 6.85. The third kappa shape index (κ3) is 3.67. The van der Waals surface area contributed by atoms with Crippen molar-refractivity contribution in [1.29, 1.82) is 0 Å². The van der Waals surface area contributed by atoms with Crippen molar-refractivity contribution in [2.45, 2.75) is 37.2 Å². The van der Waals surface area contributed by atoms with Gasteiger partial charge in [-0.05, 0) is 32.4 Å². The summed E-state index contributed by atoms with van der Waals surface area (Å²) < 4.78 is 22.7. The minimum atomic E-state index is -3.17. The average Bonchev–Trinajstić information content (AvgIpc) is 2.77. The molecule has 2 rings (SSSR count). The van der Waals surface area contributed by atoms with Crippen molar-refractivity contribution in [2.24, 2.45) is 0 Å². The lowest BCUT2D eigenvalue weighted by molar-refractivity contribution is 0.274. The van der Waals surface area contributed by atoms with Gasteiger partial charge in [-0.25, -0.2) is 13.4 Å². The van der Waals surface area contributed by atoms with Gasteiger partial charge in [-0.3, -0.25) is 4.90 Å². The lowest BCUT2D eigenvalue weighted by atomic mass is 10.2. The Morgan fingerprint density at radius 1 is 1.42 bits per heavy atom. The van der Waals surface area contributed by atoms with Gasteiger partial charge >= 0.3 is 0 Å². The van der Waals surface area contributed by atoms with Crippen molar-refractivity contribution in [1.82, 2.24) is 9.88 Å². The van der Waals surface area contributed by atoms with E-state index in [-0.39, 0.29) is 4.90 Å². The summed E-state index contributed by atoms with van der Waals surface area (Å²) in [6.45, 7) is 6.49. The van der Waals surface area contributed by atoms with Crippen LogP contribution in [0.1, 0.15) is 20.3 Å². The Morgan fingerprint density at radius 2 is 2.16 bits per heavy atom. The number of pyridine rings is 1. The van der Waals surface area contributed by atoms with E-state index in [9.17, 15) is 8.42 Å². The summed E-state index contributed by atoms with van der Waals surface area (Å²) in [5.41, 5.74) is 0. The number of sulfone groups is 1. The van der Waals surface area contributed by atoms with Gasteiger partial charge in [0.05, 0.1) is 4.90 Å². The van der Waals surface area contributed by atoms with Crippen LogP contribution < -0.4 is 5.32 Å². The van der Waals surface area contributed by atoms with Crippen LogP contribution in [0.2, 0.25) is 0 Å². The van der Waals surface area contributed by atoms with Gasteiger partial charge in [-0.15, -0.1) is 0 Å². The Hall–Kier alpha value is -1.14. The first-order chi connectivity index (χ1) is 8.86. The normalized spacial score (nSPS) is 20.9. The fraction of sp³-hybridized carbons (Fsp3) is 0.615. The first-order valence-electron chi connectivity index (χ1n) is 6.53. The number of rotatable bonds is 4. The molecule has 0 saturated carbocycles. The zero-order chi connectivity index (χ0) is 14.0. The third-order valence-corrected chi connectivity index (χ3v) is 4.56. The molecule has 2 heterocycles. The SMILES string of the molecule is CC(C)N1CCC(Nc2ccc(S(C)(=O)=O)cn2)C1. The van der Waals surface area contributed by atoms with Crippen LogP contribution in [-0.4, -0.2) is 49.7 Å². The van der Waals surface area contributed by atoms with Crippen molar-refractivity contribution in [3.8, 4) is 0 Å². The molecule has 19 heavy (non-hydrogen) atoms. The van der Waals surface area contributed by atoms with Crippen LogP contribution in [-0.2, 0) is 9.84 Å². The van der Waals surface area contributed by atoms with Gasteiger partial charge in [-0.1, -0.05) is 0 Å². The molecule has 1 saturated heterocycles. The second-order valence-corrected chi connectivity index (χ2v) is 7.39. The number of hydrogen-bond acceptors (Lipinski definition) is 5. The van der Waals surface area contributed by atoms with Crippen LogP contribution in [0, 0.1) is 0 Å². The standard InChI is InChI=1S/C13H21N3O2S/c1-10(2)16-7-6-11(9-16)15-13-5-4-12(8-14-13)19(3,17)18/h4-5,8,10-11H,6-7,9H2,1-3H3,(H,14,15). The van der Waals surface area contributed by atoms with Crippen molar-refractivity contribution >= 4 is 15.7 Å². The third-order valence-electron chi connectivity index (χ3n) is 3.47. The van der Waals surface area contributed by atoms with Gasteiger partial charge in [0, 0.05) is 37.6 Å². The highest BCUT2D eigenvalue weighted by Crippen LogP contribution is 2.17. The molecule has 1 N–H and O–H groups in total. The lowest BCUT2D eigenvalue weighted by Gasteiger charge is -2.20. The number of aromatic nitrogens is 1. The molecule has 0 radical (unpaired) electrons. The summed E-state index contributed by atoms with van der Waals surface area (Å²) in [6.07, 6.45) is 3.69. The molecule has 1 aromatic rings. The zero-order valence-corrected chi connectivity index (χ0v) is 12.4. The van der Waals surface area contributed by atoms with E-state index in [4.69, 9.17) is 0 Å². The quantitative estimate of drug-likeness (QED) is 0.904. The summed E-state index contributed by atoms with van der Waals surface area (Å²) in [5, 5.41) is 3.36. The zero-order valence-electron chi connectivity index (χ0n) is 11.6.